The minimum Gasteiger partial charge on any atom is -0.744 e. The van der Waals surface area contributed by atoms with Gasteiger partial charge in [-0.1, -0.05) is 145 Å². The summed E-state index contributed by atoms with van der Waals surface area (Å²) in [4.78, 5) is 29.9. The normalized spacial score (nSPS) is 14.4. The molecule has 4 aliphatic rings. The Bertz CT molecular complexity index is 4270. The number of hydrogen-bond donors (Lipinski definition) is 1. The predicted octanol–water partition coefficient (Wildman–Crippen LogP) is 14.1. The minimum atomic E-state index is -4.56. The number of fused-ring (bicyclic) bond motifs is 12. The summed E-state index contributed by atoms with van der Waals surface area (Å²) in [5.74, 6) is -0.550. The summed E-state index contributed by atoms with van der Waals surface area (Å²) in [5, 5.41) is 9.62. The van der Waals surface area contributed by atoms with Crippen molar-refractivity contribution in [1.82, 2.24) is 0 Å². The van der Waals surface area contributed by atoms with Gasteiger partial charge >= 0.3 is 15.6 Å². The summed E-state index contributed by atoms with van der Waals surface area (Å²) >= 11 is 19.3. The van der Waals surface area contributed by atoms with Crippen LogP contribution >= 0.6 is 46.4 Å². The van der Waals surface area contributed by atoms with E-state index in [-0.39, 0.29) is 52.3 Å². The number of aliphatic hydroxyl groups excluding tert-OH is 1. The molecule has 12 rings (SSSR count). The Kier molecular flexibility index (Phi) is 19.2. The van der Waals surface area contributed by atoms with Crippen molar-refractivity contribution < 1.29 is 67.9 Å². The first-order valence-corrected chi connectivity index (χ1v) is 30.9. The van der Waals surface area contributed by atoms with E-state index >= 15 is 0 Å². The van der Waals surface area contributed by atoms with Gasteiger partial charge in [0.15, 0.2) is 0 Å². The predicted molar refractivity (Wildman–Crippen MR) is 318 cm³/mol. The lowest BCUT2D eigenvalue weighted by Gasteiger charge is -2.15. The molecule has 84 heavy (non-hydrogen) atoms. The average molecular weight is 1270 g/mol. The third kappa shape index (κ3) is 14.0. The Labute approximate surface area is 505 Å². The zero-order valence-corrected chi connectivity index (χ0v) is 49.9. The van der Waals surface area contributed by atoms with Crippen LogP contribution in [0.4, 0.5) is 14.4 Å². The third-order valence-electron chi connectivity index (χ3n) is 14.4. The molecule has 0 amide bonds. The van der Waals surface area contributed by atoms with Crippen LogP contribution in [0.1, 0.15) is 79.0 Å². The molecule has 1 N–H and O–H groups in total. The summed E-state index contributed by atoms with van der Waals surface area (Å²) in [6, 6.07) is 47.2. The van der Waals surface area contributed by atoms with Gasteiger partial charge in [0.1, 0.15) is 43.6 Å². The van der Waals surface area contributed by atoms with E-state index in [2.05, 4.69) is 54.0 Å². The van der Waals surface area contributed by atoms with E-state index in [0.29, 0.717) is 11.1 Å². The molecular formula is C62H47Cl4O15S3-3. The van der Waals surface area contributed by atoms with Gasteiger partial charge in [0.2, 0.25) is 0 Å². The lowest BCUT2D eigenvalue weighted by molar-refractivity contribution is 0.169. The fourth-order valence-electron chi connectivity index (χ4n) is 10.8. The fraction of sp³-hybridized carbons (Fsp3) is 0.145. The van der Waals surface area contributed by atoms with Crippen LogP contribution in [0.5, 0.6) is 0 Å². The van der Waals surface area contributed by atoms with Crippen molar-refractivity contribution in [2.45, 2.75) is 53.2 Å². The molecule has 15 nitrogen and oxygen atoms in total. The van der Waals surface area contributed by atoms with Crippen LogP contribution < -0.4 is 0 Å². The molecule has 434 valence electrons. The standard InChI is InChI=1S/C16H13ClO5S.C15H11ClO2.C15H14O4S.C15H12O3S.CCl2O/c1-9-2-4-11-12-5-3-10(23(19,20)21)7-14(12)15(13(11)6-9)8-22-16(17)18;16-15(17)18-9-14-12-7-3-1-5-10(12)11-6-2-4-8-13(11)14;1-9-2-4-11-12-5-3-10(20(17,18)19)7-14(12)15(8-16)13(11)6-9;1-9-3-5-12-13-6-4-11(19(16,17)18)8-15(13)10(2)14(12)7-9;2-1(3)4/h2-7,15H,8H2,1H3,(H,19,20,21);1-8,14H,9H2;2-7,15-16H,8H2,1H3,(H,17,18,19);3-8H,2H2,1H3,(H,16,17,18);/p-3. The van der Waals surface area contributed by atoms with Gasteiger partial charge in [0.25, 0.3) is 0 Å². The van der Waals surface area contributed by atoms with E-state index in [1.807, 2.05) is 99.6 Å². The largest absolute Gasteiger partial charge is 0.744 e. The number of ether oxygens (including phenoxy) is 2. The Morgan fingerprint density at radius 1 is 0.417 bits per heavy atom. The van der Waals surface area contributed by atoms with Crippen LogP contribution in [-0.2, 0) is 39.8 Å². The molecule has 0 aliphatic heterocycles. The maximum atomic E-state index is 11.3. The molecule has 4 aliphatic carbocycles. The Hall–Kier alpha value is -7.04. The van der Waals surface area contributed by atoms with E-state index < -0.39 is 45.9 Å². The molecule has 8 aromatic rings. The fourth-order valence-corrected chi connectivity index (χ4v) is 12.4. The summed E-state index contributed by atoms with van der Waals surface area (Å²) in [6.07, 6.45) is 0. The zero-order chi connectivity index (χ0) is 61.2. The maximum absolute atomic E-state index is 11.3. The van der Waals surface area contributed by atoms with Crippen molar-refractivity contribution in [2.24, 2.45) is 0 Å². The van der Waals surface area contributed by atoms with Crippen molar-refractivity contribution in [2.75, 3.05) is 19.8 Å². The van der Waals surface area contributed by atoms with E-state index in [1.165, 1.54) is 58.7 Å². The van der Waals surface area contributed by atoms with Crippen LogP contribution in [0.2, 0.25) is 0 Å². The quantitative estimate of drug-likeness (QED) is 0.109. The average Bonchev–Trinajstić information content (AvgIpc) is 2.02. The molecule has 0 heterocycles. The van der Waals surface area contributed by atoms with Crippen LogP contribution in [0.3, 0.4) is 0 Å². The summed E-state index contributed by atoms with van der Waals surface area (Å²) in [7, 11) is -13.5. The maximum Gasteiger partial charge on any atom is 0.403 e. The number of rotatable bonds is 8. The highest BCUT2D eigenvalue weighted by Gasteiger charge is 2.32. The lowest BCUT2D eigenvalue weighted by atomic mass is 9.97. The summed E-state index contributed by atoms with van der Waals surface area (Å²) < 4.78 is 109. The molecule has 2 unspecified atom stereocenters. The van der Waals surface area contributed by atoms with Crippen LogP contribution in [-0.4, -0.2) is 79.4 Å². The van der Waals surface area contributed by atoms with Gasteiger partial charge in [0, 0.05) is 41.0 Å². The summed E-state index contributed by atoms with van der Waals surface area (Å²) in [6.45, 7) is 10.0. The highest BCUT2D eigenvalue weighted by molar-refractivity contribution is 7.86. The van der Waals surface area contributed by atoms with Crippen LogP contribution in [0.15, 0.2) is 179 Å². The number of aryl methyl sites for hydroxylation is 3. The first-order chi connectivity index (χ1) is 39.6. The zero-order valence-electron chi connectivity index (χ0n) is 44.5. The number of halogens is 4. The Balaban J connectivity index is 0.000000143. The molecule has 0 saturated carbocycles. The molecule has 22 heteroatoms. The monoisotopic (exact) mass is 1270 g/mol. The highest BCUT2D eigenvalue weighted by Crippen LogP contribution is 2.49. The van der Waals surface area contributed by atoms with Gasteiger partial charge in [-0.2, -0.15) is 0 Å². The Morgan fingerprint density at radius 3 is 1.12 bits per heavy atom. The van der Waals surface area contributed by atoms with Crippen molar-refractivity contribution in [1.29, 1.82) is 0 Å². The number of benzene rings is 8. The molecule has 0 aromatic heterocycles. The second-order valence-electron chi connectivity index (χ2n) is 19.6. The van der Waals surface area contributed by atoms with Gasteiger partial charge in [-0.25, -0.2) is 34.8 Å². The SMILES string of the molecule is C=C1c2cc(C)ccc2-c2ccc(S(=O)(=O)[O-])cc21.Cc1ccc2c(c1)C(CO)c1cc(S(=O)(=O)[O-])ccc1-2.Cc1ccc2c(c1)C(COC(=O)Cl)c1cc(S(=O)(=O)[O-])ccc1-2.O=C(Cl)Cl.O=C(Cl)OCC1c2ccccc2-c2ccccc21. The minimum absolute atomic E-state index is 0.0197. The molecule has 8 aromatic carbocycles. The number of carbonyl (C=O) groups excluding carboxylic acids is 3. The van der Waals surface area contributed by atoms with Crippen LogP contribution in [0.25, 0.3) is 50.1 Å². The van der Waals surface area contributed by atoms with Crippen molar-refractivity contribution >= 4 is 97.9 Å². The molecule has 0 spiro atoms. The van der Waals surface area contributed by atoms with Crippen molar-refractivity contribution in [3.63, 3.8) is 0 Å². The first kappa shape index (κ1) is 63.0. The molecule has 2 atom stereocenters. The molecule has 0 radical (unpaired) electrons. The first-order valence-electron chi connectivity index (χ1n) is 25.2. The molecule has 0 bridgehead atoms. The second kappa shape index (κ2) is 25.7. The van der Waals surface area contributed by atoms with E-state index in [4.69, 9.17) is 37.5 Å². The van der Waals surface area contributed by atoms with E-state index in [1.54, 1.807) is 18.2 Å². The molecule has 0 fully saturated rings. The summed E-state index contributed by atoms with van der Waals surface area (Å²) in [5.41, 5.74) is 17.6. The van der Waals surface area contributed by atoms with E-state index in [9.17, 15) is 53.6 Å². The second-order valence-corrected chi connectivity index (χ2v) is 25.3. The van der Waals surface area contributed by atoms with E-state index in [0.717, 1.165) is 77.9 Å². The van der Waals surface area contributed by atoms with Gasteiger partial charge < -0.3 is 28.2 Å². The van der Waals surface area contributed by atoms with Crippen molar-refractivity contribution in [3.8, 4) is 44.5 Å². The molecule has 0 saturated heterocycles. The van der Waals surface area contributed by atoms with Gasteiger partial charge in [0.05, 0.1) is 21.3 Å². The number of carbonyl (C=O) groups is 3. The number of aliphatic hydroxyl groups is 1. The van der Waals surface area contributed by atoms with Gasteiger partial charge in [-0.15, -0.1) is 0 Å². The topological polar surface area (TPSA) is 261 Å². The highest BCUT2D eigenvalue weighted by atomic mass is 35.5. The third-order valence-corrected chi connectivity index (χ3v) is 17.1. The number of hydrogen-bond acceptors (Lipinski definition) is 15. The smallest absolute Gasteiger partial charge is 0.403 e. The van der Waals surface area contributed by atoms with Gasteiger partial charge in [-0.3, -0.25) is 4.79 Å². The lowest BCUT2D eigenvalue weighted by Crippen LogP contribution is -2.09. The van der Waals surface area contributed by atoms with Crippen molar-refractivity contribution in [3.05, 3.63) is 226 Å². The molecular weight excluding hydrogens is 1220 g/mol. The Morgan fingerprint density at radius 2 is 0.714 bits per heavy atom. The van der Waals surface area contributed by atoms with Gasteiger partial charge in [-0.05, 0) is 175 Å². The van der Waals surface area contributed by atoms with Crippen LogP contribution in [0, 0.1) is 20.8 Å².